The molecule has 0 spiro atoms. The average molecular weight is 327 g/mol. The van der Waals surface area contributed by atoms with Crippen LogP contribution in [0.4, 0.5) is 0 Å². The lowest BCUT2D eigenvalue weighted by molar-refractivity contribution is -0.146. The van der Waals surface area contributed by atoms with Gasteiger partial charge in [0.05, 0.1) is 19.1 Å². The van der Waals surface area contributed by atoms with E-state index in [1.54, 1.807) is 18.9 Å². The predicted octanol–water partition coefficient (Wildman–Crippen LogP) is 1.39. The van der Waals surface area contributed by atoms with E-state index in [0.29, 0.717) is 19.5 Å². The van der Waals surface area contributed by atoms with Crippen molar-refractivity contribution in [3.8, 4) is 0 Å². The fraction of sp³-hybridized carbons (Fsp3) is 0.500. The molecule has 6 heteroatoms. The lowest BCUT2D eigenvalue weighted by Gasteiger charge is -2.29. The van der Waals surface area contributed by atoms with Crippen LogP contribution in [0.25, 0.3) is 0 Å². The Labute approximate surface area is 137 Å². The molecule has 0 bridgehead atoms. The summed E-state index contributed by atoms with van der Waals surface area (Å²) < 4.78 is 4.69. The van der Waals surface area contributed by atoms with Crippen LogP contribution in [0.3, 0.4) is 0 Å². The molecule has 1 aliphatic heterocycles. The maximum Gasteiger partial charge on any atom is 0.310 e. The number of amides is 1. The molecule has 0 saturated heterocycles. The van der Waals surface area contributed by atoms with E-state index >= 15 is 0 Å². The molecule has 1 aromatic rings. The van der Waals surface area contributed by atoms with Crippen molar-refractivity contribution >= 4 is 24.3 Å². The topological polar surface area (TPSA) is 58.6 Å². The van der Waals surface area contributed by atoms with Crippen LogP contribution in [-0.2, 0) is 27.3 Å². The highest BCUT2D eigenvalue weighted by Gasteiger charge is 2.28. The van der Waals surface area contributed by atoms with Crippen molar-refractivity contribution in [2.24, 2.45) is 5.92 Å². The molecule has 1 amide bonds. The van der Waals surface area contributed by atoms with Crippen molar-refractivity contribution in [2.45, 2.75) is 25.9 Å². The Kier molecular flexibility index (Phi) is 6.84. The molecule has 0 radical (unpaired) electrons. The van der Waals surface area contributed by atoms with Crippen LogP contribution in [0.2, 0.25) is 0 Å². The number of carbonyl (C=O) groups excluding carboxylic acids is 2. The number of halogens is 1. The zero-order chi connectivity index (χ0) is 15.4. The van der Waals surface area contributed by atoms with Gasteiger partial charge in [-0.2, -0.15) is 0 Å². The second kappa shape index (κ2) is 8.15. The molecular formula is C16H23ClN2O3. The fourth-order valence-electron chi connectivity index (χ4n) is 2.67. The van der Waals surface area contributed by atoms with Crippen molar-refractivity contribution in [1.29, 1.82) is 0 Å². The normalized spacial score (nSPS) is 17.7. The van der Waals surface area contributed by atoms with Crippen molar-refractivity contribution in [3.63, 3.8) is 0 Å². The molecule has 1 aliphatic rings. The van der Waals surface area contributed by atoms with Gasteiger partial charge in [-0.15, -0.1) is 12.4 Å². The molecular weight excluding hydrogens is 304 g/mol. The molecule has 5 nitrogen and oxygen atoms in total. The Bertz CT molecular complexity index is 536. The second-order valence-corrected chi connectivity index (χ2v) is 5.55. The van der Waals surface area contributed by atoms with Crippen molar-refractivity contribution < 1.29 is 14.3 Å². The summed E-state index contributed by atoms with van der Waals surface area (Å²) >= 11 is 0. The largest absolute Gasteiger partial charge is 0.469 e. The molecule has 2 atom stereocenters. The first kappa shape index (κ1) is 18.5. The SMILES string of the molecule is COC(=O)C(C)CN(C)C(=O)C1Cc2ccccc2CN1.Cl. The first-order chi connectivity index (χ1) is 10.0. The van der Waals surface area contributed by atoms with Gasteiger partial charge in [-0.25, -0.2) is 0 Å². The lowest BCUT2D eigenvalue weighted by Crippen LogP contribution is -2.49. The zero-order valence-corrected chi connectivity index (χ0v) is 14.0. The molecule has 1 heterocycles. The van der Waals surface area contributed by atoms with Crippen LogP contribution in [-0.4, -0.2) is 43.5 Å². The van der Waals surface area contributed by atoms with Gasteiger partial charge in [0.2, 0.25) is 5.91 Å². The van der Waals surface area contributed by atoms with Gasteiger partial charge >= 0.3 is 5.97 Å². The standard InChI is InChI=1S/C16H22N2O3.ClH/c1-11(16(20)21-3)10-18(2)15(19)14-8-12-6-4-5-7-13(12)9-17-14;/h4-7,11,14,17H,8-10H2,1-3H3;1H. The Morgan fingerprint density at radius 3 is 2.64 bits per heavy atom. The Balaban J connectivity index is 0.00000242. The zero-order valence-electron chi connectivity index (χ0n) is 13.2. The quantitative estimate of drug-likeness (QED) is 0.850. The maximum absolute atomic E-state index is 12.5. The van der Waals surface area contributed by atoms with Crippen LogP contribution in [0.1, 0.15) is 18.1 Å². The first-order valence-corrected chi connectivity index (χ1v) is 7.16. The Morgan fingerprint density at radius 2 is 2.00 bits per heavy atom. The number of carbonyl (C=O) groups is 2. The van der Waals surface area contributed by atoms with E-state index in [4.69, 9.17) is 4.74 Å². The first-order valence-electron chi connectivity index (χ1n) is 7.16. The molecule has 0 fully saturated rings. The number of methoxy groups -OCH3 is 1. The van der Waals surface area contributed by atoms with Gasteiger partial charge in [0.1, 0.15) is 0 Å². The number of hydrogen-bond acceptors (Lipinski definition) is 4. The van der Waals surface area contributed by atoms with Gasteiger partial charge in [-0.1, -0.05) is 31.2 Å². The lowest BCUT2D eigenvalue weighted by atomic mass is 9.95. The van der Waals surface area contributed by atoms with E-state index in [0.717, 1.165) is 0 Å². The third-order valence-electron chi connectivity index (χ3n) is 3.91. The minimum Gasteiger partial charge on any atom is -0.469 e. The van der Waals surface area contributed by atoms with Gasteiger partial charge in [0.15, 0.2) is 0 Å². The number of esters is 1. The molecule has 0 aromatic heterocycles. The van der Waals surface area contributed by atoms with Gasteiger partial charge in [0, 0.05) is 20.1 Å². The van der Waals surface area contributed by atoms with E-state index in [1.165, 1.54) is 18.2 Å². The summed E-state index contributed by atoms with van der Waals surface area (Å²) in [6.45, 7) is 2.83. The summed E-state index contributed by atoms with van der Waals surface area (Å²) in [4.78, 5) is 25.5. The number of ether oxygens (including phenoxy) is 1. The molecule has 2 unspecified atom stereocenters. The van der Waals surface area contributed by atoms with E-state index in [9.17, 15) is 9.59 Å². The molecule has 22 heavy (non-hydrogen) atoms. The summed E-state index contributed by atoms with van der Waals surface area (Å²) in [5.74, 6) is -0.600. The number of benzene rings is 1. The van der Waals surface area contributed by atoms with E-state index in [-0.39, 0.29) is 36.2 Å². The summed E-state index contributed by atoms with van der Waals surface area (Å²) in [5.41, 5.74) is 2.45. The van der Waals surface area contributed by atoms with Crippen molar-refractivity contribution in [1.82, 2.24) is 10.2 Å². The number of nitrogens with zero attached hydrogens (tertiary/aromatic N) is 1. The van der Waals surface area contributed by atoms with Gasteiger partial charge in [-0.05, 0) is 17.5 Å². The third kappa shape index (κ3) is 4.21. The van der Waals surface area contributed by atoms with Crippen LogP contribution in [0, 0.1) is 5.92 Å². The maximum atomic E-state index is 12.5. The Morgan fingerprint density at radius 1 is 1.36 bits per heavy atom. The fourth-order valence-corrected chi connectivity index (χ4v) is 2.67. The van der Waals surface area contributed by atoms with Crippen LogP contribution in [0.15, 0.2) is 24.3 Å². The highest BCUT2D eigenvalue weighted by atomic mass is 35.5. The van der Waals surface area contributed by atoms with E-state index in [2.05, 4.69) is 17.4 Å². The number of nitrogens with one attached hydrogen (secondary N) is 1. The predicted molar refractivity (Wildman–Crippen MR) is 86.8 cm³/mol. The smallest absolute Gasteiger partial charge is 0.310 e. The highest BCUT2D eigenvalue weighted by molar-refractivity contribution is 5.85. The van der Waals surface area contributed by atoms with Crippen molar-refractivity contribution in [3.05, 3.63) is 35.4 Å². The summed E-state index contributed by atoms with van der Waals surface area (Å²) in [6, 6.07) is 7.91. The van der Waals surface area contributed by atoms with Crippen LogP contribution >= 0.6 is 12.4 Å². The van der Waals surface area contributed by atoms with E-state index in [1.807, 2.05) is 12.1 Å². The average Bonchev–Trinajstić information content (AvgIpc) is 2.52. The monoisotopic (exact) mass is 326 g/mol. The van der Waals surface area contributed by atoms with E-state index < -0.39 is 0 Å². The van der Waals surface area contributed by atoms with Crippen LogP contribution < -0.4 is 5.32 Å². The summed E-state index contributed by atoms with van der Waals surface area (Å²) in [6.07, 6.45) is 0.686. The molecule has 1 aromatic carbocycles. The molecule has 2 rings (SSSR count). The number of fused-ring (bicyclic) bond motifs is 1. The minimum absolute atomic E-state index is 0. The molecule has 0 saturated carbocycles. The Hall–Kier alpha value is -1.59. The number of rotatable bonds is 4. The molecule has 122 valence electrons. The van der Waals surface area contributed by atoms with Gasteiger partial charge in [-0.3, -0.25) is 9.59 Å². The molecule has 0 aliphatic carbocycles. The van der Waals surface area contributed by atoms with Crippen LogP contribution in [0.5, 0.6) is 0 Å². The summed E-state index contributed by atoms with van der Waals surface area (Å²) in [7, 11) is 3.09. The molecule has 1 N–H and O–H groups in total. The summed E-state index contributed by atoms with van der Waals surface area (Å²) in [5, 5.41) is 3.27. The van der Waals surface area contributed by atoms with Gasteiger partial charge in [0.25, 0.3) is 0 Å². The van der Waals surface area contributed by atoms with Crippen molar-refractivity contribution in [2.75, 3.05) is 20.7 Å². The highest BCUT2D eigenvalue weighted by Crippen LogP contribution is 2.17. The number of likely N-dealkylation sites (N-methyl/N-ethyl adjacent to an activating group) is 1. The van der Waals surface area contributed by atoms with Gasteiger partial charge < -0.3 is 15.0 Å². The minimum atomic E-state index is -0.320. The number of hydrogen-bond donors (Lipinski definition) is 1. The third-order valence-corrected chi connectivity index (χ3v) is 3.91. The second-order valence-electron chi connectivity index (χ2n) is 5.55.